The molecule has 10 heavy (non-hydrogen) atoms. The lowest BCUT2D eigenvalue weighted by molar-refractivity contribution is -0.120. The molecule has 0 bridgehead atoms. The minimum atomic E-state index is -0.389. The minimum Gasteiger partial charge on any atom is -0.394 e. The molecule has 0 aromatic carbocycles. The Balaban J connectivity index is 3.72. The molecule has 0 aliphatic rings. The van der Waals surface area contributed by atoms with E-state index in [4.69, 9.17) is 5.11 Å². The maximum atomic E-state index is 10.7. The number of aliphatic hydroxyl groups is 1. The summed E-state index contributed by atoms with van der Waals surface area (Å²) in [4.78, 5) is 10.7. The van der Waals surface area contributed by atoms with Crippen molar-refractivity contribution >= 4 is 5.78 Å². The van der Waals surface area contributed by atoms with Crippen molar-refractivity contribution in [2.24, 2.45) is 0 Å². The first kappa shape index (κ1) is 9.59. The van der Waals surface area contributed by atoms with Gasteiger partial charge in [-0.05, 0) is 6.92 Å². The summed E-state index contributed by atoms with van der Waals surface area (Å²) in [5.74, 6) is -0.0174. The number of carbonyl (C=O) groups excluding carboxylic acids is 1. The molecule has 0 aliphatic carbocycles. The Hall–Kier alpha value is -0.410. The fourth-order valence-electron chi connectivity index (χ4n) is 0.701. The van der Waals surface area contributed by atoms with E-state index in [-0.39, 0.29) is 24.5 Å². The Bertz CT molecular complexity index is 112. The van der Waals surface area contributed by atoms with Crippen LogP contribution in [0.2, 0.25) is 0 Å². The van der Waals surface area contributed by atoms with E-state index in [0.29, 0.717) is 0 Å². The van der Waals surface area contributed by atoms with Crippen molar-refractivity contribution in [3.8, 4) is 0 Å². The molecular weight excluding hydrogens is 130 g/mol. The summed E-state index contributed by atoms with van der Waals surface area (Å²) >= 11 is 0. The second-order valence-corrected chi connectivity index (χ2v) is 2.67. The highest BCUT2D eigenvalue weighted by atomic mass is 16.3. The number of nitrogens with one attached hydrogen (secondary N) is 1. The second kappa shape index (κ2) is 4.41. The van der Waals surface area contributed by atoms with Crippen molar-refractivity contribution in [3.63, 3.8) is 0 Å². The van der Waals surface area contributed by atoms with Crippen LogP contribution in [0, 0.1) is 0 Å². The summed E-state index contributed by atoms with van der Waals surface area (Å²) in [6.07, 6.45) is 0. The Morgan fingerprint density at radius 1 is 1.60 bits per heavy atom. The molecule has 1 unspecified atom stereocenters. The van der Waals surface area contributed by atoms with Gasteiger partial charge in [-0.3, -0.25) is 4.79 Å². The number of carbonyl (C=O) groups is 1. The summed E-state index contributed by atoms with van der Waals surface area (Å²) in [5, 5.41) is 11.6. The Labute approximate surface area is 61.4 Å². The van der Waals surface area contributed by atoms with Gasteiger partial charge in [-0.2, -0.15) is 0 Å². The first-order valence-corrected chi connectivity index (χ1v) is 3.45. The van der Waals surface area contributed by atoms with E-state index < -0.39 is 0 Å². The molecule has 0 amide bonds. The van der Waals surface area contributed by atoms with Gasteiger partial charge in [0.25, 0.3) is 0 Å². The molecule has 0 saturated carbocycles. The van der Waals surface area contributed by atoms with Gasteiger partial charge in [0.1, 0.15) is 5.78 Å². The van der Waals surface area contributed by atoms with E-state index in [1.807, 2.05) is 13.8 Å². The summed E-state index contributed by atoms with van der Waals surface area (Å²) in [7, 11) is 0. The molecule has 0 fully saturated rings. The third-order valence-corrected chi connectivity index (χ3v) is 1.21. The SMILES string of the molecule is CC(=O)C(CO)NC(C)C. The van der Waals surface area contributed by atoms with E-state index in [1.165, 1.54) is 6.92 Å². The lowest BCUT2D eigenvalue weighted by atomic mass is 10.2. The zero-order valence-electron chi connectivity index (χ0n) is 6.72. The fourth-order valence-corrected chi connectivity index (χ4v) is 0.701. The summed E-state index contributed by atoms with van der Waals surface area (Å²) < 4.78 is 0. The predicted molar refractivity (Wildman–Crippen MR) is 39.8 cm³/mol. The van der Waals surface area contributed by atoms with Crippen molar-refractivity contribution < 1.29 is 9.90 Å². The molecular formula is C7H15NO2. The molecule has 0 rings (SSSR count). The van der Waals surface area contributed by atoms with Gasteiger partial charge < -0.3 is 10.4 Å². The van der Waals surface area contributed by atoms with Crippen molar-refractivity contribution in [2.45, 2.75) is 32.9 Å². The van der Waals surface area contributed by atoms with Gasteiger partial charge >= 0.3 is 0 Å². The maximum Gasteiger partial charge on any atom is 0.149 e. The molecule has 0 aromatic rings. The largest absolute Gasteiger partial charge is 0.394 e. The van der Waals surface area contributed by atoms with Crippen molar-refractivity contribution in [3.05, 3.63) is 0 Å². The van der Waals surface area contributed by atoms with Crippen LogP contribution in [0.4, 0.5) is 0 Å². The number of aliphatic hydroxyl groups excluding tert-OH is 1. The molecule has 3 nitrogen and oxygen atoms in total. The summed E-state index contributed by atoms with van der Waals surface area (Å²) in [6, 6.07) is -0.152. The molecule has 0 radical (unpaired) electrons. The number of rotatable bonds is 4. The van der Waals surface area contributed by atoms with E-state index in [2.05, 4.69) is 5.32 Å². The van der Waals surface area contributed by atoms with Gasteiger partial charge in [-0.25, -0.2) is 0 Å². The first-order chi connectivity index (χ1) is 4.57. The first-order valence-electron chi connectivity index (χ1n) is 3.45. The normalized spacial score (nSPS) is 13.7. The average Bonchev–Trinajstić information content (AvgIpc) is 1.81. The molecule has 0 saturated heterocycles. The number of ketones is 1. The van der Waals surface area contributed by atoms with Crippen molar-refractivity contribution in [2.75, 3.05) is 6.61 Å². The van der Waals surface area contributed by atoms with Gasteiger partial charge in [0.15, 0.2) is 0 Å². The predicted octanol–water partition coefficient (Wildman–Crippen LogP) is -0.0657. The van der Waals surface area contributed by atoms with Crippen LogP contribution >= 0.6 is 0 Å². The maximum absolute atomic E-state index is 10.7. The third kappa shape index (κ3) is 3.58. The van der Waals surface area contributed by atoms with Gasteiger partial charge in [0.2, 0.25) is 0 Å². The molecule has 60 valence electrons. The zero-order valence-corrected chi connectivity index (χ0v) is 6.72. The molecule has 0 aromatic heterocycles. The summed E-state index contributed by atoms with van der Waals surface area (Å²) in [6.45, 7) is 5.22. The topological polar surface area (TPSA) is 49.3 Å². The van der Waals surface area contributed by atoms with Crippen LogP contribution in [0.3, 0.4) is 0 Å². The van der Waals surface area contributed by atoms with Crippen molar-refractivity contribution in [1.29, 1.82) is 0 Å². The van der Waals surface area contributed by atoms with Crippen LogP contribution in [-0.2, 0) is 4.79 Å². The van der Waals surface area contributed by atoms with Crippen molar-refractivity contribution in [1.82, 2.24) is 5.32 Å². The fraction of sp³-hybridized carbons (Fsp3) is 0.857. The Morgan fingerprint density at radius 2 is 2.10 bits per heavy atom. The summed E-state index contributed by atoms with van der Waals surface area (Å²) in [5.41, 5.74) is 0. The second-order valence-electron chi connectivity index (χ2n) is 2.67. The highest BCUT2D eigenvalue weighted by Crippen LogP contribution is 1.87. The highest BCUT2D eigenvalue weighted by Gasteiger charge is 2.12. The molecule has 3 heteroatoms. The van der Waals surface area contributed by atoms with Crippen LogP contribution in [0.1, 0.15) is 20.8 Å². The van der Waals surface area contributed by atoms with E-state index in [0.717, 1.165) is 0 Å². The van der Waals surface area contributed by atoms with E-state index in [1.54, 1.807) is 0 Å². The zero-order chi connectivity index (χ0) is 8.15. The number of hydrogen-bond donors (Lipinski definition) is 2. The molecule has 0 aliphatic heterocycles. The van der Waals surface area contributed by atoms with Crippen LogP contribution in [0.5, 0.6) is 0 Å². The molecule has 0 heterocycles. The monoisotopic (exact) mass is 145 g/mol. The van der Waals surface area contributed by atoms with Crippen LogP contribution in [0.25, 0.3) is 0 Å². The molecule has 0 spiro atoms. The smallest absolute Gasteiger partial charge is 0.149 e. The lowest BCUT2D eigenvalue weighted by Crippen LogP contribution is -2.42. The number of hydrogen-bond acceptors (Lipinski definition) is 3. The van der Waals surface area contributed by atoms with Gasteiger partial charge in [0.05, 0.1) is 12.6 Å². The minimum absolute atomic E-state index is 0.0174. The van der Waals surface area contributed by atoms with Crippen LogP contribution in [-0.4, -0.2) is 29.6 Å². The lowest BCUT2D eigenvalue weighted by Gasteiger charge is -2.15. The van der Waals surface area contributed by atoms with E-state index >= 15 is 0 Å². The molecule has 1 atom stereocenters. The van der Waals surface area contributed by atoms with Crippen LogP contribution in [0.15, 0.2) is 0 Å². The van der Waals surface area contributed by atoms with Gasteiger partial charge in [-0.1, -0.05) is 13.8 Å². The quantitative estimate of drug-likeness (QED) is 0.582. The van der Waals surface area contributed by atoms with Crippen LogP contribution < -0.4 is 5.32 Å². The average molecular weight is 145 g/mol. The highest BCUT2D eigenvalue weighted by molar-refractivity contribution is 5.81. The van der Waals surface area contributed by atoms with E-state index in [9.17, 15) is 4.79 Å². The molecule has 2 N–H and O–H groups in total. The Kier molecular flexibility index (Phi) is 4.23. The van der Waals surface area contributed by atoms with Gasteiger partial charge in [-0.15, -0.1) is 0 Å². The standard InChI is InChI=1S/C7H15NO2/c1-5(2)8-7(4-9)6(3)10/h5,7-9H,4H2,1-3H3. The van der Waals surface area contributed by atoms with Gasteiger partial charge in [0, 0.05) is 6.04 Å². The number of Topliss-reactive ketones (excluding diaryl/α,β-unsaturated/α-hetero) is 1. The Morgan fingerprint density at radius 3 is 2.20 bits per heavy atom. The third-order valence-electron chi connectivity index (χ3n) is 1.21.